The van der Waals surface area contributed by atoms with E-state index in [9.17, 15) is 9.90 Å². The van der Waals surface area contributed by atoms with Crippen molar-refractivity contribution in [1.29, 1.82) is 0 Å². The van der Waals surface area contributed by atoms with E-state index in [1.54, 1.807) is 18.3 Å². The molecular formula is C20H18N2O2. The summed E-state index contributed by atoms with van der Waals surface area (Å²) >= 11 is 0. The molecule has 0 unspecified atom stereocenters. The Morgan fingerprint density at radius 3 is 2.42 bits per heavy atom. The van der Waals surface area contributed by atoms with E-state index in [-0.39, 0.29) is 11.3 Å². The van der Waals surface area contributed by atoms with Crippen LogP contribution in [0.5, 0.6) is 5.75 Å². The highest BCUT2D eigenvalue weighted by molar-refractivity contribution is 6.01. The highest BCUT2D eigenvalue weighted by Crippen LogP contribution is 2.24. The minimum absolute atomic E-state index is 0.0503. The van der Waals surface area contributed by atoms with E-state index in [1.807, 2.05) is 42.5 Å². The van der Waals surface area contributed by atoms with E-state index in [4.69, 9.17) is 0 Å². The van der Waals surface area contributed by atoms with Gasteiger partial charge < -0.3 is 5.11 Å². The van der Waals surface area contributed by atoms with E-state index in [2.05, 4.69) is 22.7 Å². The van der Waals surface area contributed by atoms with Crippen LogP contribution in [0.15, 0.2) is 71.8 Å². The predicted molar refractivity (Wildman–Crippen MR) is 96.3 cm³/mol. The van der Waals surface area contributed by atoms with Crippen molar-refractivity contribution in [3.63, 3.8) is 0 Å². The zero-order valence-corrected chi connectivity index (χ0v) is 13.1. The van der Waals surface area contributed by atoms with E-state index in [1.165, 1.54) is 5.56 Å². The SMILES string of the molecule is O=C(N/N=C/CCc1ccccc1)c1cc2ccccc2cc1O. The van der Waals surface area contributed by atoms with Crippen LogP contribution in [0.1, 0.15) is 22.3 Å². The monoisotopic (exact) mass is 318 g/mol. The third-order valence-corrected chi connectivity index (χ3v) is 3.77. The molecule has 1 amide bonds. The second kappa shape index (κ2) is 7.42. The summed E-state index contributed by atoms with van der Waals surface area (Å²) in [5, 5.41) is 15.7. The molecule has 0 saturated carbocycles. The molecule has 0 bridgehead atoms. The van der Waals surface area contributed by atoms with Crippen LogP contribution < -0.4 is 5.43 Å². The molecule has 0 aliphatic carbocycles. The van der Waals surface area contributed by atoms with Gasteiger partial charge in [-0.3, -0.25) is 4.79 Å². The molecule has 4 heteroatoms. The van der Waals surface area contributed by atoms with Gasteiger partial charge in [0.05, 0.1) is 5.56 Å². The number of benzene rings is 3. The molecule has 120 valence electrons. The third kappa shape index (κ3) is 3.79. The van der Waals surface area contributed by atoms with E-state index in [0.717, 1.165) is 23.6 Å². The van der Waals surface area contributed by atoms with Crippen LogP contribution in [-0.4, -0.2) is 17.2 Å². The van der Waals surface area contributed by atoms with Crippen LogP contribution in [0.2, 0.25) is 0 Å². The second-order valence-electron chi connectivity index (χ2n) is 5.49. The Balaban J connectivity index is 1.60. The summed E-state index contributed by atoms with van der Waals surface area (Å²) in [7, 11) is 0. The van der Waals surface area contributed by atoms with Gasteiger partial charge in [-0.1, -0.05) is 54.6 Å². The topological polar surface area (TPSA) is 61.7 Å². The van der Waals surface area contributed by atoms with Crippen molar-refractivity contribution in [2.24, 2.45) is 5.10 Å². The molecule has 0 aliphatic heterocycles. The largest absolute Gasteiger partial charge is 0.507 e. The number of nitrogens with one attached hydrogen (secondary N) is 1. The second-order valence-corrected chi connectivity index (χ2v) is 5.49. The summed E-state index contributed by atoms with van der Waals surface area (Å²) < 4.78 is 0. The number of nitrogens with zero attached hydrogens (tertiary/aromatic N) is 1. The van der Waals surface area contributed by atoms with Crippen LogP contribution in [0.25, 0.3) is 10.8 Å². The number of phenols is 1. The molecule has 3 aromatic carbocycles. The standard InChI is InChI=1S/C20H18N2O2/c23-19-14-17-11-5-4-10-16(17)13-18(19)20(24)22-21-12-6-9-15-7-2-1-3-8-15/h1-5,7-8,10-14,23H,6,9H2,(H,22,24)/b21-12+. The fraction of sp³-hybridized carbons (Fsp3) is 0.100. The van der Waals surface area contributed by atoms with Gasteiger partial charge in [0.1, 0.15) is 5.75 Å². The maximum absolute atomic E-state index is 12.2. The average molecular weight is 318 g/mol. The van der Waals surface area contributed by atoms with Crippen LogP contribution in [0.4, 0.5) is 0 Å². The number of aromatic hydroxyl groups is 1. The Hall–Kier alpha value is -3.14. The molecule has 0 fully saturated rings. The maximum Gasteiger partial charge on any atom is 0.275 e. The summed E-state index contributed by atoms with van der Waals surface area (Å²) in [5.41, 5.74) is 3.90. The van der Waals surface area contributed by atoms with Gasteiger partial charge in [0, 0.05) is 6.21 Å². The number of fused-ring (bicyclic) bond motifs is 1. The van der Waals surface area contributed by atoms with Gasteiger partial charge in [-0.25, -0.2) is 5.43 Å². The fourth-order valence-electron chi connectivity index (χ4n) is 2.52. The minimum Gasteiger partial charge on any atom is -0.507 e. The zero-order valence-electron chi connectivity index (χ0n) is 13.1. The summed E-state index contributed by atoms with van der Waals surface area (Å²) in [4.78, 5) is 12.2. The molecule has 2 N–H and O–H groups in total. The lowest BCUT2D eigenvalue weighted by molar-refractivity contribution is 0.0952. The maximum atomic E-state index is 12.2. The van der Waals surface area contributed by atoms with Crippen molar-refractivity contribution < 1.29 is 9.90 Å². The molecule has 3 rings (SSSR count). The Bertz CT molecular complexity index is 873. The van der Waals surface area contributed by atoms with E-state index in [0.29, 0.717) is 0 Å². The summed E-state index contributed by atoms with van der Waals surface area (Å²) in [6.07, 6.45) is 3.26. The molecule has 0 aromatic heterocycles. The number of hydrazone groups is 1. The predicted octanol–water partition coefficient (Wildman–Crippen LogP) is 3.89. The van der Waals surface area contributed by atoms with Crippen molar-refractivity contribution in [3.8, 4) is 5.75 Å². The lowest BCUT2D eigenvalue weighted by atomic mass is 10.1. The molecule has 0 atom stereocenters. The smallest absolute Gasteiger partial charge is 0.275 e. The number of carbonyl (C=O) groups excluding carboxylic acids is 1. The number of amides is 1. The quantitative estimate of drug-likeness (QED) is 0.554. The number of rotatable bonds is 5. The summed E-state index contributed by atoms with van der Waals surface area (Å²) in [5.74, 6) is -0.472. The normalized spacial score (nSPS) is 11.0. The van der Waals surface area contributed by atoms with Gasteiger partial charge in [-0.15, -0.1) is 0 Å². The lowest BCUT2D eigenvalue weighted by Crippen LogP contribution is -2.17. The van der Waals surface area contributed by atoms with Gasteiger partial charge in [0.15, 0.2) is 0 Å². The molecule has 3 aromatic rings. The molecule has 0 aliphatic rings. The molecular weight excluding hydrogens is 300 g/mol. The molecule has 0 spiro atoms. The highest BCUT2D eigenvalue weighted by atomic mass is 16.3. The number of aryl methyl sites for hydroxylation is 1. The Kier molecular flexibility index (Phi) is 4.87. The zero-order chi connectivity index (χ0) is 16.8. The summed E-state index contributed by atoms with van der Waals surface area (Å²) in [6, 6.07) is 20.9. The van der Waals surface area contributed by atoms with Crippen molar-refractivity contribution in [2.75, 3.05) is 0 Å². The fourth-order valence-corrected chi connectivity index (χ4v) is 2.52. The van der Waals surface area contributed by atoms with Crippen molar-refractivity contribution in [3.05, 3.63) is 77.9 Å². The van der Waals surface area contributed by atoms with Gasteiger partial charge in [-0.2, -0.15) is 5.10 Å². The highest BCUT2D eigenvalue weighted by Gasteiger charge is 2.11. The Labute approximate surface area is 140 Å². The van der Waals surface area contributed by atoms with Gasteiger partial charge in [0.25, 0.3) is 5.91 Å². The molecule has 0 radical (unpaired) electrons. The Morgan fingerprint density at radius 2 is 1.67 bits per heavy atom. The first-order valence-electron chi connectivity index (χ1n) is 7.81. The third-order valence-electron chi connectivity index (χ3n) is 3.77. The van der Waals surface area contributed by atoms with Crippen LogP contribution >= 0.6 is 0 Å². The van der Waals surface area contributed by atoms with Crippen LogP contribution in [0.3, 0.4) is 0 Å². The lowest BCUT2D eigenvalue weighted by Gasteiger charge is -2.05. The minimum atomic E-state index is -0.422. The number of hydrogen-bond acceptors (Lipinski definition) is 3. The van der Waals surface area contributed by atoms with Gasteiger partial charge in [0.2, 0.25) is 0 Å². The first kappa shape index (κ1) is 15.7. The van der Waals surface area contributed by atoms with Crippen molar-refractivity contribution in [2.45, 2.75) is 12.8 Å². The molecule has 4 nitrogen and oxygen atoms in total. The molecule has 0 saturated heterocycles. The van der Waals surface area contributed by atoms with Crippen LogP contribution in [-0.2, 0) is 6.42 Å². The molecule has 0 heterocycles. The molecule has 24 heavy (non-hydrogen) atoms. The van der Waals surface area contributed by atoms with Crippen molar-refractivity contribution in [1.82, 2.24) is 5.43 Å². The number of phenolic OH excluding ortho intramolecular Hbond substituents is 1. The number of carbonyl (C=O) groups is 1. The van der Waals surface area contributed by atoms with Gasteiger partial charge in [-0.05, 0) is 41.3 Å². The van der Waals surface area contributed by atoms with E-state index < -0.39 is 5.91 Å². The first-order chi connectivity index (χ1) is 11.7. The van der Waals surface area contributed by atoms with Gasteiger partial charge >= 0.3 is 0 Å². The van der Waals surface area contributed by atoms with Crippen molar-refractivity contribution >= 4 is 22.9 Å². The Morgan fingerprint density at radius 1 is 1.00 bits per heavy atom. The average Bonchev–Trinajstić information content (AvgIpc) is 2.61. The van der Waals surface area contributed by atoms with E-state index >= 15 is 0 Å². The van der Waals surface area contributed by atoms with Crippen LogP contribution in [0, 0.1) is 0 Å². The number of hydrogen-bond donors (Lipinski definition) is 2. The first-order valence-corrected chi connectivity index (χ1v) is 7.81. The summed E-state index contributed by atoms with van der Waals surface area (Å²) in [6.45, 7) is 0.